The average molecular weight is 421 g/mol. The van der Waals surface area contributed by atoms with Crippen LogP contribution in [-0.4, -0.2) is 10.9 Å². The summed E-state index contributed by atoms with van der Waals surface area (Å²) in [6, 6.07) is 8.46. The summed E-state index contributed by atoms with van der Waals surface area (Å²) in [5, 5.41) is 12.9. The van der Waals surface area contributed by atoms with E-state index in [1.807, 2.05) is 6.92 Å². The normalized spacial score (nSPS) is 11.3. The third-order valence-electron chi connectivity index (χ3n) is 3.94. The molecule has 0 saturated carbocycles. The van der Waals surface area contributed by atoms with Gasteiger partial charge in [-0.05, 0) is 31.5 Å². The number of carbonyl (C=O) groups excluding carboxylic acids is 1. The lowest BCUT2D eigenvalue weighted by Gasteiger charge is -2.06. The number of anilines is 1. The Labute approximate surface area is 167 Å². The van der Waals surface area contributed by atoms with Crippen molar-refractivity contribution in [2.75, 3.05) is 5.32 Å². The maximum absolute atomic E-state index is 12.7. The van der Waals surface area contributed by atoms with E-state index in [1.165, 1.54) is 23.5 Å². The van der Waals surface area contributed by atoms with Crippen LogP contribution in [0.1, 0.15) is 38.3 Å². The molecule has 0 spiro atoms. The van der Waals surface area contributed by atoms with E-state index in [0.717, 1.165) is 34.8 Å². The molecule has 0 bridgehead atoms. The lowest BCUT2D eigenvalue weighted by atomic mass is 10.1. The second-order valence-electron chi connectivity index (χ2n) is 5.88. The second kappa shape index (κ2) is 7.73. The Kier molecular flexibility index (Phi) is 5.54. The Hall–Kier alpha value is -2.70. The Balaban J connectivity index is 1.85. The Morgan fingerprint density at radius 1 is 1.25 bits per heavy atom. The summed E-state index contributed by atoms with van der Waals surface area (Å²) in [4.78, 5) is 18.3. The molecule has 1 amide bonds. The van der Waals surface area contributed by atoms with Gasteiger partial charge in [-0.1, -0.05) is 19.1 Å². The molecule has 0 atom stereocenters. The summed E-state index contributed by atoms with van der Waals surface area (Å²) in [6.07, 6.45) is -3.65. The highest BCUT2D eigenvalue weighted by Crippen LogP contribution is 2.34. The van der Waals surface area contributed by atoms with E-state index in [2.05, 4.69) is 16.4 Å². The molecular formula is C19H14F3N3OS2. The van der Waals surface area contributed by atoms with Crippen molar-refractivity contribution < 1.29 is 18.0 Å². The summed E-state index contributed by atoms with van der Waals surface area (Å²) >= 11 is 2.44. The molecule has 0 radical (unpaired) electrons. The number of thiophene rings is 1. The number of benzene rings is 1. The summed E-state index contributed by atoms with van der Waals surface area (Å²) in [5.74, 6) is -0.394. The number of nitrogens with zero attached hydrogens (tertiary/aromatic N) is 2. The van der Waals surface area contributed by atoms with Gasteiger partial charge in [-0.25, -0.2) is 4.98 Å². The van der Waals surface area contributed by atoms with Crippen LogP contribution in [0.3, 0.4) is 0 Å². The molecule has 0 aliphatic rings. The van der Waals surface area contributed by atoms with Crippen LogP contribution in [0.4, 0.5) is 18.2 Å². The van der Waals surface area contributed by atoms with Crippen molar-refractivity contribution in [1.29, 1.82) is 5.26 Å². The van der Waals surface area contributed by atoms with Crippen LogP contribution in [0.5, 0.6) is 0 Å². The van der Waals surface area contributed by atoms with E-state index in [1.54, 1.807) is 13.0 Å². The molecule has 0 fully saturated rings. The number of nitriles is 1. The van der Waals surface area contributed by atoms with Gasteiger partial charge in [0.15, 0.2) is 0 Å². The molecule has 1 aromatic carbocycles. The SMILES string of the molecule is CCc1cc(C#N)c(NC(=O)c2sc(-c3ccc(C(F)(F)F)cc3)nc2C)s1. The monoisotopic (exact) mass is 421 g/mol. The van der Waals surface area contributed by atoms with Gasteiger partial charge in [-0.2, -0.15) is 18.4 Å². The third kappa shape index (κ3) is 4.08. The first-order valence-corrected chi connectivity index (χ1v) is 9.85. The molecule has 3 aromatic rings. The van der Waals surface area contributed by atoms with Gasteiger partial charge in [0.05, 0.1) is 16.8 Å². The van der Waals surface area contributed by atoms with Crippen molar-refractivity contribution in [3.05, 3.63) is 56.9 Å². The van der Waals surface area contributed by atoms with E-state index < -0.39 is 17.6 Å². The standard InChI is InChI=1S/C19H14F3N3OS2/c1-3-14-8-12(9-23)18(27-14)25-16(26)15-10(2)24-17(28-15)11-4-6-13(7-5-11)19(20,21)22/h4-8H,3H2,1-2H3,(H,25,26). The largest absolute Gasteiger partial charge is 0.416 e. The maximum atomic E-state index is 12.7. The van der Waals surface area contributed by atoms with Crippen LogP contribution in [-0.2, 0) is 12.6 Å². The van der Waals surface area contributed by atoms with Gasteiger partial charge >= 0.3 is 6.18 Å². The van der Waals surface area contributed by atoms with Gasteiger partial charge in [-0.3, -0.25) is 4.79 Å². The minimum absolute atomic E-state index is 0.352. The number of thiazole rings is 1. The van der Waals surface area contributed by atoms with Crippen molar-refractivity contribution in [2.45, 2.75) is 26.4 Å². The zero-order chi connectivity index (χ0) is 20.5. The Bertz CT molecular complexity index is 1060. The molecule has 4 nitrogen and oxygen atoms in total. The molecule has 1 N–H and O–H groups in total. The van der Waals surface area contributed by atoms with E-state index in [4.69, 9.17) is 0 Å². The van der Waals surface area contributed by atoms with Gasteiger partial charge < -0.3 is 5.32 Å². The number of aromatic nitrogens is 1. The fourth-order valence-corrected chi connectivity index (χ4v) is 4.39. The molecule has 0 saturated heterocycles. The second-order valence-corrected chi connectivity index (χ2v) is 8.02. The van der Waals surface area contributed by atoms with Crippen LogP contribution in [0.2, 0.25) is 0 Å². The maximum Gasteiger partial charge on any atom is 0.416 e. The topological polar surface area (TPSA) is 65.8 Å². The van der Waals surface area contributed by atoms with E-state index >= 15 is 0 Å². The first-order chi connectivity index (χ1) is 13.2. The molecule has 3 rings (SSSR count). The molecule has 2 aromatic heterocycles. The zero-order valence-electron chi connectivity index (χ0n) is 14.8. The zero-order valence-corrected chi connectivity index (χ0v) is 16.5. The highest BCUT2D eigenvalue weighted by molar-refractivity contribution is 7.18. The average Bonchev–Trinajstić information content (AvgIpc) is 3.24. The lowest BCUT2D eigenvalue weighted by molar-refractivity contribution is -0.137. The van der Waals surface area contributed by atoms with Crippen LogP contribution in [0.15, 0.2) is 30.3 Å². The number of nitrogens with one attached hydrogen (secondary N) is 1. The summed E-state index contributed by atoms with van der Waals surface area (Å²) < 4.78 is 38.1. The van der Waals surface area contributed by atoms with E-state index in [9.17, 15) is 23.2 Å². The Morgan fingerprint density at radius 3 is 2.50 bits per heavy atom. The molecule has 0 aliphatic carbocycles. The highest BCUT2D eigenvalue weighted by Gasteiger charge is 2.30. The summed E-state index contributed by atoms with van der Waals surface area (Å²) in [7, 11) is 0. The van der Waals surface area contributed by atoms with Crippen LogP contribution >= 0.6 is 22.7 Å². The molecule has 2 heterocycles. The fraction of sp³-hybridized carbons (Fsp3) is 0.211. The predicted molar refractivity (Wildman–Crippen MR) is 104 cm³/mol. The highest BCUT2D eigenvalue weighted by atomic mass is 32.1. The number of amides is 1. The van der Waals surface area contributed by atoms with E-state index in [0.29, 0.717) is 31.7 Å². The predicted octanol–water partition coefficient (Wildman–Crippen LogP) is 5.89. The minimum atomic E-state index is -4.40. The molecule has 9 heteroatoms. The molecule has 0 unspecified atom stereocenters. The van der Waals surface area contributed by atoms with Crippen molar-refractivity contribution in [3.63, 3.8) is 0 Å². The van der Waals surface area contributed by atoms with Gasteiger partial charge in [0, 0.05) is 10.4 Å². The van der Waals surface area contributed by atoms with Crippen molar-refractivity contribution >= 4 is 33.6 Å². The number of hydrogen-bond donors (Lipinski definition) is 1. The number of rotatable bonds is 4. The summed E-state index contributed by atoms with van der Waals surface area (Å²) in [6.45, 7) is 3.62. The van der Waals surface area contributed by atoms with E-state index in [-0.39, 0.29) is 0 Å². The quantitative estimate of drug-likeness (QED) is 0.572. The molecule has 28 heavy (non-hydrogen) atoms. The first-order valence-electron chi connectivity index (χ1n) is 8.22. The lowest BCUT2D eigenvalue weighted by Crippen LogP contribution is -2.11. The Morgan fingerprint density at radius 2 is 1.93 bits per heavy atom. The number of carbonyl (C=O) groups is 1. The number of aryl methyl sites for hydroxylation is 2. The van der Waals surface area contributed by atoms with Gasteiger partial charge in [0.1, 0.15) is 21.0 Å². The smallest absolute Gasteiger partial charge is 0.312 e. The van der Waals surface area contributed by atoms with Gasteiger partial charge in [-0.15, -0.1) is 22.7 Å². The van der Waals surface area contributed by atoms with Crippen LogP contribution < -0.4 is 5.32 Å². The van der Waals surface area contributed by atoms with Crippen LogP contribution in [0, 0.1) is 18.3 Å². The number of alkyl halides is 3. The van der Waals surface area contributed by atoms with Crippen molar-refractivity contribution in [2.24, 2.45) is 0 Å². The summed E-state index contributed by atoms with van der Waals surface area (Å²) in [5.41, 5.74) is 0.640. The third-order valence-corrected chi connectivity index (χ3v) is 6.34. The molecular weight excluding hydrogens is 407 g/mol. The fourth-order valence-electron chi connectivity index (χ4n) is 2.48. The van der Waals surface area contributed by atoms with Crippen molar-refractivity contribution in [3.8, 4) is 16.6 Å². The molecule has 0 aliphatic heterocycles. The molecule has 144 valence electrons. The number of hydrogen-bond acceptors (Lipinski definition) is 5. The van der Waals surface area contributed by atoms with Gasteiger partial charge in [0.25, 0.3) is 5.91 Å². The first kappa shape index (κ1) is 20.0. The van der Waals surface area contributed by atoms with Crippen LogP contribution in [0.25, 0.3) is 10.6 Å². The minimum Gasteiger partial charge on any atom is -0.312 e. The van der Waals surface area contributed by atoms with Gasteiger partial charge in [0.2, 0.25) is 0 Å². The van der Waals surface area contributed by atoms with Crippen molar-refractivity contribution in [1.82, 2.24) is 4.98 Å². The number of halogens is 3.